The Balaban J connectivity index is 2.73. The summed E-state index contributed by atoms with van der Waals surface area (Å²) in [6.45, 7) is -0.0482. The zero-order valence-electron chi connectivity index (χ0n) is 11.4. The van der Waals surface area contributed by atoms with E-state index in [0.717, 1.165) is 0 Å². The second-order valence-corrected chi connectivity index (χ2v) is 5.75. The lowest BCUT2D eigenvalue weighted by Gasteiger charge is -2.12. The van der Waals surface area contributed by atoms with Gasteiger partial charge in [0, 0.05) is 16.3 Å². The van der Waals surface area contributed by atoms with Gasteiger partial charge in [-0.1, -0.05) is 23.7 Å². The number of anilines is 1. The minimum Gasteiger partial charge on any atom is -0.396 e. The molecule has 110 valence electrons. The molecule has 7 heteroatoms. The van der Waals surface area contributed by atoms with E-state index in [2.05, 4.69) is 11.1 Å². The normalized spacial score (nSPS) is 10.0. The summed E-state index contributed by atoms with van der Waals surface area (Å²) < 4.78 is 0. The van der Waals surface area contributed by atoms with Crippen LogP contribution >= 0.6 is 23.4 Å². The van der Waals surface area contributed by atoms with Crippen molar-refractivity contribution in [1.82, 2.24) is 4.98 Å². The van der Waals surface area contributed by atoms with E-state index in [-0.39, 0.29) is 23.6 Å². The summed E-state index contributed by atoms with van der Waals surface area (Å²) >= 11 is 7.10. The van der Waals surface area contributed by atoms with E-state index < -0.39 is 0 Å². The smallest absolute Gasteiger partial charge is 0.143 e. The van der Waals surface area contributed by atoms with Crippen molar-refractivity contribution in [3.8, 4) is 23.3 Å². The molecule has 2 aromatic rings. The SMILES string of the molecule is N#Cc1c(N)nc(SCCO)c(C#N)c1-c1ccc(Cl)cc1. The summed E-state index contributed by atoms with van der Waals surface area (Å²) in [5, 5.41) is 28.7. The van der Waals surface area contributed by atoms with Crippen LogP contribution in [0.25, 0.3) is 11.1 Å². The molecule has 3 N–H and O–H groups in total. The minimum absolute atomic E-state index is 0.0482. The summed E-state index contributed by atoms with van der Waals surface area (Å²) in [5.74, 6) is 0.444. The largest absolute Gasteiger partial charge is 0.396 e. The highest BCUT2D eigenvalue weighted by atomic mass is 35.5. The molecule has 0 radical (unpaired) electrons. The molecule has 22 heavy (non-hydrogen) atoms. The van der Waals surface area contributed by atoms with E-state index in [1.165, 1.54) is 11.8 Å². The molecule has 0 amide bonds. The maximum absolute atomic E-state index is 9.48. The maximum Gasteiger partial charge on any atom is 0.143 e. The Morgan fingerprint density at radius 1 is 1.18 bits per heavy atom. The summed E-state index contributed by atoms with van der Waals surface area (Å²) in [5.41, 5.74) is 7.38. The van der Waals surface area contributed by atoms with Crippen molar-refractivity contribution < 1.29 is 5.11 Å². The number of rotatable bonds is 4. The highest BCUT2D eigenvalue weighted by molar-refractivity contribution is 7.99. The van der Waals surface area contributed by atoms with E-state index in [1.807, 2.05) is 6.07 Å². The molecule has 0 spiro atoms. The highest BCUT2D eigenvalue weighted by Crippen LogP contribution is 2.35. The molecule has 0 bridgehead atoms. The van der Waals surface area contributed by atoms with Gasteiger partial charge < -0.3 is 10.8 Å². The summed E-state index contributed by atoms with van der Waals surface area (Å²) in [7, 11) is 0. The Hall–Kier alpha value is -2.25. The van der Waals surface area contributed by atoms with E-state index in [9.17, 15) is 10.5 Å². The van der Waals surface area contributed by atoms with Gasteiger partial charge in [0.05, 0.1) is 12.2 Å². The number of hydrogen-bond donors (Lipinski definition) is 2. The first-order chi connectivity index (χ1) is 10.6. The molecule has 1 aromatic carbocycles. The molecule has 1 aromatic heterocycles. The molecule has 0 aliphatic carbocycles. The van der Waals surface area contributed by atoms with Gasteiger partial charge in [-0.3, -0.25) is 0 Å². The van der Waals surface area contributed by atoms with Crippen molar-refractivity contribution >= 4 is 29.2 Å². The zero-order chi connectivity index (χ0) is 16.1. The Morgan fingerprint density at radius 3 is 2.36 bits per heavy atom. The number of hydrogen-bond acceptors (Lipinski definition) is 6. The van der Waals surface area contributed by atoms with Gasteiger partial charge in [-0.2, -0.15) is 10.5 Å². The molecular weight excluding hydrogens is 320 g/mol. The Labute approximate surface area is 137 Å². The topological polar surface area (TPSA) is 107 Å². The molecule has 1 heterocycles. The van der Waals surface area contributed by atoms with Gasteiger partial charge in [0.25, 0.3) is 0 Å². The molecule has 0 saturated heterocycles. The van der Waals surface area contributed by atoms with Gasteiger partial charge in [-0.05, 0) is 17.7 Å². The summed E-state index contributed by atoms with van der Waals surface area (Å²) in [6.07, 6.45) is 0. The van der Waals surface area contributed by atoms with Gasteiger partial charge in [0.2, 0.25) is 0 Å². The van der Waals surface area contributed by atoms with Crippen molar-refractivity contribution in [2.45, 2.75) is 5.03 Å². The van der Waals surface area contributed by atoms with Crippen LogP contribution < -0.4 is 5.73 Å². The quantitative estimate of drug-likeness (QED) is 0.835. The molecule has 0 aliphatic heterocycles. The number of thioether (sulfide) groups is 1. The number of aliphatic hydroxyl groups is 1. The third-order valence-electron chi connectivity index (χ3n) is 2.88. The number of nitrogens with two attached hydrogens (primary N) is 1. The number of nitrogen functional groups attached to an aromatic ring is 1. The van der Waals surface area contributed by atoms with Gasteiger partial charge in [0.15, 0.2) is 0 Å². The van der Waals surface area contributed by atoms with Crippen molar-refractivity contribution in [3.63, 3.8) is 0 Å². The second kappa shape index (κ2) is 7.15. The third kappa shape index (κ3) is 3.15. The van der Waals surface area contributed by atoms with E-state index in [1.54, 1.807) is 24.3 Å². The van der Waals surface area contributed by atoms with Crippen LogP contribution in [0.15, 0.2) is 29.3 Å². The van der Waals surface area contributed by atoms with E-state index in [4.69, 9.17) is 22.4 Å². The predicted octanol–water partition coefficient (Wildman–Crippen LogP) is 2.81. The first-order valence-electron chi connectivity index (χ1n) is 6.25. The Morgan fingerprint density at radius 2 is 1.82 bits per heavy atom. The fraction of sp³-hybridized carbons (Fsp3) is 0.133. The number of nitriles is 2. The van der Waals surface area contributed by atoms with Crippen molar-refractivity contribution in [3.05, 3.63) is 40.4 Å². The van der Waals surface area contributed by atoms with Crippen LogP contribution in [0, 0.1) is 22.7 Å². The first kappa shape index (κ1) is 16.1. The average molecular weight is 331 g/mol. The van der Waals surface area contributed by atoms with Crippen LogP contribution in [0.3, 0.4) is 0 Å². The number of pyridine rings is 1. The molecule has 0 saturated carbocycles. The predicted molar refractivity (Wildman–Crippen MR) is 86.3 cm³/mol. The van der Waals surface area contributed by atoms with E-state index in [0.29, 0.717) is 26.9 Å². The van der Waals surface area contributed by atoms with Gasteiger partial charge in [0.1, 0.15) is 28.5 Å². The molecule has 0 unspecified atom stereocenters. The summed E-state index contributed by atoms with van der Waals surface area (Å²) in [4.78, 5) is 4.11. The molecule has 5 nitrogen and oxygen atoms in total. The highest BCUT2D eigenvalue weighted by Gasteiger charge is 2.20. The van der Waals surface area contributed by atoms with Crippen molar-refractivity contribution in [2.75, 3.05) is 18.1 Å². The third-order valence-corrected chi connectivity index (χ3v) is 4.09. The fourth-order valence-corrected chi connectivity index (χ4v) is 2.82. The Bertz CT molecular complexity index is 778. The molecular formula is C15H11ClN4OS. The first-order valence-corrected chi connectivity index (χ1v) is 7.62. The number of aliphatic hydroxyl groups excluding tert-OH is 1. The minimum atomic E-state index is -0.0482. The second-order valence-electron chi connectivity index (χ2n) is 4.23. The van der Waals surface area contributed by atoms with E-state index >= 15 is 0 Å². The fourth-order valence-electron chi connectivity index (χ4n) is 1.95. The Kier molecular flexibility index (Phi) is 5.24. The van der Waals surface area contributed by atoms with Crippen LogP contribution in [-0.4, -0.2) is 22.5 Å². The number of halogens is 1. The monoisotopic (exact) mass is 330 g/mol. The molecule has 0 aliphatic rings. The maximum atomic E-state index is 9.48. The van der Waals surface area contributed by atoms with Crippen LogP contribution in [0.5, 0.6) is 0 Å². The lowest BCUT2D eigenvalue weighted by molar-refractivity contribution is 0.322. The number of aromatic nitrogens is 1. The van der Waals surface area contributed by atoms with Gasteiger partial charge >= 0.3 is 0 Å². The van der Waals surface area contributed by atoms with Crippen LogP contribution in [-0.2, 0) is 0 Å². The average Bonchev–Trinajstić information content (AvgIpc) is 2.53. The molecule has 0 atom stereocenters. The standard InChI is InChI=1S/C15H11ClN4OS/c16-10-3-1-9(2-4-10)13-11(7-17)14(19)20-15(12(13)8-18)22-6-5-21/h1-4,21H,5-6H2,(H2,19,20). The summed E-state index contributed by atoms with van der Waals surface area (Å²) in [6, 6.07) is 10.9. The zero-order valence-corrected chi connectivity index (χ0v) is 12.9. The molecule has 2 rings (SSSR count). The van der Waals surface area contributed by atoms with Crippen molar-refractivity contribution in [2.24, 2.45) is 0 Å². The van der Waals surface area contributed by atoms with Gasteiger partial charge in [-0.15, -0.1) is 11.8 Å². The lowest BCUT2D eigenvalue weighted by atomic mass is 9.97. The van der Waals surface area contributed by atoms with Crippen molar-refractivity contribution in [1.29, 1.82) is 10.5 Å². The number of nitrogens with zero attached hydrogens (tertiary/aromatic N) is 3. The molecule has 0 fully saturated rings. The number of benzene rings is 1. The van der Waals surface area contributed by atoms with Gasteiger partial charge in [-0.25, -0.2) is 4.98 Å². The van der Waals surface area contributed by atoms with Crippen LogP contribution in [0.4, 0.5) is 5.82 Å². The van der Waals surface area contributed by atoms with Crippen LogP contribution in [0.1, 0.15) is 11.1 Å². The lowest BCUT2D eigenvalue weighted by Crippen LogP contribution is -2.04. The van der Waals surface area contributed by atoms with Crippen LogP contribution in [0.2, 0.25) is 5.02 Å².